The summed E-state index contributed by atoms with van der Waals surface area (Å²) in [6.45, 7) is 1.89. The monoisotopic (exact) mass is 511 g/mol. The topological polar surface area (TPSA) is 114 Å². The first-order valence-corrected chi connectivity index (χ1v) is 14.4. The molecule has 0 aliphatic carbocycles. The zero-order valence-electron chi connectivity index (χ0n) is 22.0. The molecule has 0 spiro atoms. The molecule has 2 atom stereocenters. The van der Waals surface area contributed by atoms with Gasteiger partial charge in [-0.1, -0.05) is 84.0 Å². The number of esters is 1. The molecule has 0 saturated heterocycles. The van der Waals surface area contributed by atoms with Crippen molar-refractivity contribution >= 4 is 13.8 Å². The Balaban J connectivity index is 3.71. The number of rotatable bonds is 24. The van der Waals surface area contributed by atoms with Crippen molar-refractivity contribution in [2.45, 2.75) is 103 Å². The average molecular weight is 512 g/mol. The quantitative estimate of drug-likeness (QED) is 0.0477. The second kappa shape index (κ2) is 20.6. The number of nitrogens with zero attached hydrogens (tertiary/aromatic N) is 1. The Hall–Kier alpha value is -0.540. The lowest BCUT2D eigenvalue weighted by molar-refractivity contribution is -0.870. The maximum atomic E-state index is 11.9. The van der Waals surface area contributed by atoms with Gasteiger partial charge in [0.1, 0.15) is 19.8 Å². The van der Waals surface area contributed by atoms with E-state index >= 15 is 0 Å². The summed E-state index contributed by atoms with van der Waals surface area (Å²) in [7, 11) is 1.19. The third-order valence-corrected chi connectivity index (χ3v) is 6.46. The second-order valence-corrected chi connectivity index (χ2v) is 11.4. The number of carbonyl (C=O) groups is 1. The number of hydrogen-bond donors (Lipinski definition) is 1. The van der Waals surface area contributed by atoms with Crippen LogP contribution in [0.25, 0.3) is 0 Å². The standard InChI is InChI=1S/C24H50NO8P/c1-5-6-7-8-9-10-11-12-13-14-15-16-17-18-24(26)30-21-23(33-27)22-32-34(28,29)31-20-19-25(2,3)4/h23H,5-22H2,1-4H3,(H-,27,28,29)/t23-/m1/s1. The fraction of sp³-hybridized carbons (Fsp3) is 0.958. The van der Waals surface area contributed by atoms with Crippen molar-refractivity contribution < 1.29 is 42.7 Å². The van der Waals surface area contributed by atoms with Crippen LogP contribution in [0.3, 0.4) is 0 Å². The summed E-state index contributed by atoms with van der Waals surface area (Å²) >= 11 is 0. The van der Waals surface area contributed by atoms with Crippen molar-refractivity contribution in [1.82, 2.24) is 0 Å². The van der Waals surface area contributed by atoms with Gasteiger partial charge < -0.3 is 23.2 Å². The third-order valence-electron chi connectivity index (χ3n) is 5.49. The number of unbranched alkanes of at least 4 members (excludes halogenated alkanes) is 12. The van der Waals surface area contributed by atoms with E-state index in [-0.39, 0.29) is 19.6 Å². The van der Waals surface area contributed by atoms with Crippen molar-refractivity contribution in [2.75, 3.05) is 47.5 Å². The summed E-state index contributed by atoms with van der Waals surface area (Å²) in [6.07, 6.45) is 15.1. The van der Waals surface area contributed by atoms with Crippen LogP contribution in [-0.4, -0.2) is 69.3 Å². The minimum absolute atomic E-state index is 0.0248. The van der Waals surface area contributed by atoms with Gasteiger partial charge in [0.15, 0.2) is 6.10 Å². The van der Waals surface area contributed by atoms with Gasteiger partial charge in [-0.05, 0) is 6.42 Å². The molecule has 9 nitrogen and oxygen atoms in total. The van der Waals surface area contributed by atoms with Crippen LogP contribution in [0.15, 0.2) is 0 Å². The van der Waals surface area contributed by atoms with Gasteiger partial charge >= 0.3 is 5.97 Å². The van der Waals surface area contributed by atoms with Crippen LogP contribution >= 0.6 is 7.82 Å². The Morgan fingerprint density at radius 2 is 1.35 bits per heavy atom. The lowest BCUT2D eigenvalue weighted by atomic mass is 10.0. The predicted molar refractivity (Wildman–Crippen MR) is 131 cm³/mol. The lowest BCUT2D eigenvalue weighted by Gasteiger charge is -2.27. The Morgan fingerprint density at radius 3 is 1.82 bits per heavy atom. The van der Waals surface area contributed by atoms with Gasteiger partial charge in [0, 0.05) is 6.42 Å². The molecule has 1 N–H and O–H groups in total. The number of phosphoric acid groups is 1. The smallest absolute Gasteiger partial charge is 0.305 e. The van der Waals surface area contributed by atoms with E-state index in [9.17, 15) is 14.3 Å². The number of phosphoric ester groups is 1. The normalized spacial score (nSPS) is 14.6. The predicted octanol–water partition coefficient (Wildman–Crippen LogP) is 5.08. The van der Waals surface area contributed by atoms with Crippen LogP contribution < -0.4 is 4.89 Å². The molecule has 0 aromatic carbocycles. The van der Waals surface area contributed by atoms with Gasteiger partial charge in [-0.15, -0.1) is 0 Å². The molecule has 10 heteroatoms. The molecule has 204 valence electrons. The highest BCUT2D eigenvalue weighted by Crippen LogP contribution is 2.38. The first-order chi connectivity index (χ1) is 16.1. The van der Waals surface area contributed by atoms with E-state index in [0.717, 1.165) is 19.3 Å². The van der Waals surface area contributed by atoms with Crippen LogP contribution in [0.1, 0.15) is 96.8 Å². The van der Waals surface area contributed by atoms with E-state index < -0.39 is 26.5 Å². The minimum atomic E-state index is -4.53. The lowest BCUT2D eigenvalue weighted by Crippen LogP contribution is -2.37. The summed E-state index contributed by atoms with van der Waals surface area (Å²) < 4.78 is 26.8. The first kappa shape index (κ1) is 33.5. The Bertz CT molecular complexity index is 542. The van der Waals surface area contributed by atoms with Gasteiger partial charge in [-0.2, -0.15) is 0 Å². The zero-order valence-corrected chi connectivity index (χ0v) is 22.9. The molecule has 0 fully saturated rings. The van der Waals surface area contributed by atoms with Crippen LogP contribution in [0.2, 0.25) is 0 Å². The maximum absolute atomic E-state index is 11.9. The summed E-state index contributed by atoms with van der Waals surface area (Å²) in [4.78, 5) is 27.8. The van der Waals surface area contributed by atoms with Crippen LogP contribution in [-0.2, 0) is 28.0 Å². The molecule has 0 aliphatic heterocycles. The summed E-state index contributed by atoms with van der Waals surface area (Å²) in [6, 6.07) is 0. The zero-order chi connectivity index (χ0) is 25.7. The van der Waals surface area contributed by atoms with E-state index in [1.54, 1.807) is 0 Å². The van der Waals surface area contributed by atoms with Gasteiger partial charge in [-0.25, -0.2) is 4.89 Å². The molecule has 0 bridgehead atoms. The molecular formula is C24H50NO8P. The second-order valence-electron chi connectivity index (χ2n) is 9.99. The van der Waals surface area contributed by atoms with E-state index in [1.165, 1.54) is 64.2 Å². The van der Waals surface area contributed by atoms with Crippen molar-refractivity contribution in [3.8, 4) is 0 Å². The molecular weight excluding hydrogens is 461 g/mol. The molecule has 0 amide bonds. The first-order valence-electron chi connectivity index (χ1n) is 13.0. The molecule has 1 unspecified atom stereocenters. The molecule has 0 radical (unpaired) electrons. The maximum Gasteiger partial charge on any atom is 0.305 e. The molecule has 34 heavy (non-hydrogen) atoms. The van der Waals surface area contributed by atoms with E-state index in [4.69, 9.17) is 19.0 Å². The average Bonchev–Trinajstić information content (AvgIpc) is 2.76. The fourth-order valence-electron chi connectivity index (χ4n) is 3.29. The van der Waals surface area contributed by atoms with Gasteiger partial charge in [0.25, 0.3) is 7.82 Å². The van der Waals surface area contributed by atoms with Gasteiger partial charge in [0.2, 0.25) is 0 Å². The van der Waals surface area contributed by atoms with Crippen molar-refractivity contribution in [2.24, 2.45) is 0 Å². The highest BCUT2D eigenvalue weighted by atomic mass is 31.2. The largest absolute Gasteiger partial charge is 0.756 e. The number of hydrogen-bond acceptors (Lipinski definition) is 8. The van der Waals surface area contributed by atoms with Gasteiger partial charge in [0.05, 0.1) is 27.7 Å². The Kier molecular flexibility index (Phi) is 20.3. The van der Waals surface area contributed by atoms with Gasteiger partial charge in [-0.3, -0.25) is 14.6 Å². The molecule has 0 heterocycles. The fourth-order valence-corrected chi connectivity index (χ4v) is 4.02. The Labute approximate surface area is 207 Å². The molecule has 0 aromatic heterocycles. The Morgan fingerprint density at radius 1 is 0.853 bits per heavy atom. The third kappa shape index (κ3) is 23.2. The summed E-state index contributed by atoms with van der Waals surface area (Å²) in [5, 5.41) is 8.91. The number of ether oxygens (including phenoxy) is 1. The highest BCUT2D eigenvalue weighted by Gasteiger charge is 2.19. The number of likely N-dealkylation sites (N-methyl/N-ethyl adjacent to an activating group) is 1. The summed E-state index contributed by atoms with van der Waals surface area (Å²) in [5.74, 6) is -0.408. The van der Waals surface area contributed by atoms with Crippen molar-refractivity contribution in [3.05, 3.63) is 0 Å². The van der Waals surface area contributed by atoms with Crippen LogP contribution in [0.4, 0.5) is 0 Å². The highest BCUT2D eigenvalue weighted by molar-refractivity contribution is 7.45. The molecule has 0 rings (SSSR count). The molecule has 0 aliphatic rings. The van der Waals surface area contributed by atoms with Crippen LogP contribution in [0, 0.1) is 0 Å². The van der Waals surface area contributed by atoms with E-state index in [2.05, 4.69) is 11.8 Å². The minimum Gasteiger partial charge on any atom is -0.756 e. The number of carbonyl (C=O) groups excluding carboxylic acids is 1. The van der Waals surface area contributed by atoms with Crippen molar-refractivity contribution in [3.63, 3.8) is 0 Å². The SMILES string of the molecule is CCCCCCCCCCCCCCCC(=O)OC[C@H](COP(=O)([O-])OCC[N+](C)(C)C)OO. The summed E-state index contributed by atoms with van der Waals surface area (Å²) in [5.41, 5.74) is 0. The molecule has 0 aromatic rings. The van der Waals surface area contributed by atoms with E-state index in [1.807, 2.05) is 21.1 Å². The van der Waals surface area contributed by atoms with Crippen molar-refractivity contribution in [1.29, 1.82) is 0 Å². The van der Waals surface area contributed by atoms with Crippen LogP contribution in [0.5, 0.6) is 0 Å². The van der Waals surface area contributed by atoms with E-state index in [0.29, 0.717) is 11.0 Å². The number of quaternary nitrogens is 1. The molecule has 0 saturated carbocycles.